The number of nitrogens with zero attached hydrogens (tertiary/aromatic N) is 1. The molecular formula is C23H20ClNO6S. The van der Waals surface area contributed by atoms with Crippen LogP contribution >= 0.6 is 23.4 Å². The Hall–Kier alpha value is -3.23. The van der Waals surface area contributed by atoms with Crippen LogP contribution in [0.15, 0.2) is 63.7 Å². The van der Waals surface area contributed by atoms with Gasteiger partial charge in [0.2, 0.25) is 0 Å². The predicted octanol–water partition coefficient (Wildman–Crippen LogP) is 5.06. The van der Waals surface area contributed by atoms with Gasteiger partial charge in [-0.2, -0.15) is 0 Å². The molecule has 1 aliphatic heterocycles. The molecule has 3 rings (SSSR count). The van der Waals surface area contributed by atoms with Crippen LogP contribution in [0.5, 0.6) is 11.5 Å². The minimum Gasteiger partial charge on any atom is -0.506 e. The van der Waals surface area contributed by atoms with E-state index in [0.29, 0.717) is 22.0 Å². The van der Waals surface area contributed by atoms with Crippen molar-refractivity contribution in [1.29, 1.82) is 0 Å². The maximum Gasteiger partial charge on any atom is 0.344 e. The summed E-state index contributed by atoms with van der Waals surface area (Å²) in [6.07, 6.45) is 1.62. The Balaban J connectivity index is 2.06. The number of carbonyl (C=O) groups is 2. The van der Waals surface area contributed by atoms with Gasteiger partial charge in [-0.15, -0.1) is 0 Å². The van der Waals surface area contributed by atoms with Crippen LogP contribution in [0.2, 0.25) is 5.02 Å². The van der Waals surface area contributed by atoms with Gasteiger partial charge < -0.3 is 19.3 Å². The van der Waals surface area contributed by atoms with E-state index >= 15 is 0 Å². The van der Waals surface area contributed by atoms with Crippen molar-refractivity contribution in [3.63, 3.8) is 0 Å². The molecule has 1 amide bonds. The van der Waals surface area contributed by atoms with E-state index in [1.165, 1.54) is 13.2 Å². The lowest BCUT2D eigenvalue weighted by Crippen LogP contribution is -2.14. The fourth-order valence-corrected chi connectivity index (χ4v) is 4.08. The molecule has 1 N–H and O–H groups in total. The summed E-state index contributed by atoms with van der Waals surface area (Å²) in [6, 6.07) is 11.6. The Bertz CT molecular complexity index is 1150. The first-order valence-corrected chi connectivity index (χ1v) is 10.7. The van der Waals surface area contributed by atoms with Crippen LogP contribution in [0.3, 0.4) is 0 Å². The molecule has 0 saturated carbocycles. The van der Waals surface area contributed by atoms with Crippen molar-refractivity contribution < 1.29 is 28.9 Å². The third-order valence-corrected chi connectivity index (χ3v) is 5.75. The molecule has 9 heteroatoms. The average molecular weight is 474 g/mol. The number of ether oxygens (including phenoxy) is 3. The molecule has 7 nitrogen and oxygen atoms in total. The molecule has 0 aromatic heterocycles. The number of benzene rings is 2. The highest BCUT2D eigenvalue weighted by Gasteiger charge is 2.34. The maximum atomic E-state index is 12.7. The van der Waals surface area contributed by atoms with Gasteiger partial charge in [0, 0.05) is 11.6 Å². The summed E-state index contributed by atoms with van der Waals surface area (Å²) in [4.78, 5) is 29.6. The summed E-state index contributed by atoms with van der Waals surface area (Å²) in [5.41, 5.74) is 0.624. The Morgan fingerprint density at radius 2 is 1.91 bits per heavy atom. The lowest BCUT2D eigenvalue weighted by Gasteiger charge is -2.08. The fourth-order valence-electron chi connectivity index (χ4n) is 2.86. The third kappa shape index (κ3) is 4.98. The van der Waals surface area contributed by atoms with Gasteiger partial charge in [-0.05, 0) is 37.3 Å². The molecule has 0 radical (unpaired) electrons. The van der Waals surface area contributed by atoms with Crippen LogP contribution < -0.4 is 9.47 Å². The second kappa shape index (κ2) is 10.4. The highest BCUT2D eigenvalue weighted by Crippen LogP contribution is 2.40. The van der Waals surface area contributed by atoms with E-state index in [2.05, 4.69) is 4.99 Å². The summed E-state index contributed by atoms with van der Waals surface area (Å²) >= 11 is 7.06. The highest BCUT2D eigenvalue weighted by molar-refractivity contribution is 8.18. The zero-order valence-corrected chi connectivity index (χ0v) is 19.1. The first-order valence-electron chi connectivity index (χ1n) is 9.49. The molecule has 32 heavy (non-hydrogen) atoms. The number of halogens is 1. The van der Waals surface area contributed by atoms with Gasteiger partial charge in [0.25, 0.3) is 5.91 Å². The summed E-state index contributed by atoms with van der Waals surface area (Å²) in [6.45, 7) is 1.74. The SMILES string of the molecule is CCOC(=O)C1=C(O)/C(=C/c2ccc(OC)cc2OC)SC1=NC(=O)c1ccccc1Cl. The van der Waals surface area contributed by atoms with Gasteiger partial charge in [0.1, 0.15) is 27.9 Å². The maximum absolute atomic E-state index is 12.7. The minimum atomic E-state index is -0.784. The van der Waals surface area contributed by atoms with Crippen LogP contribution in [0.25, 0.3) is 6.08 Å². The minimum absolute atomic E-state index is 0.0181. The molecule has 0 fully saturated rings. The fraction of sp³-hybridized carbons (Fsp3) is 0.174. The number of carbonyl (C=O) groups excluding carboxylic acids is 2. The lowest BCUT2D eigenvalue weighted by atomic mass is 10.1. The summed E-state index contributed by atoms with van der Waals surface area (Å²) < 4.78 is 15.6. The topological polar surface area (TPSA) is 94.4 Å². The normalized spacial score (nSPS) is 15.9. The van der Waals surface area contributed by atoms with Crippen molar-refractivity contribution in [2.24, 2.45) is 4.99 Å². The molecule has 0 aliphatic carbocycles. The van der Waals surface area contributed by atoms with Crippen molar-refractivity contribution in [2.75, 3.05) is 20.8 Å². The summed E-state index contributed by atoms with van der Waals surface area (Å²) in [7, 11) is 3.05. The third-order valence-electron chi connectivity index (χ3n) is 4.40. The summed E-state index contributed by atoms with van der Waals surface area (Å²) in [5.74, 6) is -0.663. The number of methoxy groups -OCH3 is 2. The van der Waals surface area contributed by atoms with Gasteiger partial charge in [0.15, 0.2) is 0 Å². The standard InChI is InChI=1S/C23H20ClNO6S/c1-4-31-23(28)19-20(26)18(11-13-9-10-14(29-2)12-17(13)30-3)32-22(19)25-21(27)15-7-5-6-8-16(15)24/h5-12,26H,4H2,1-3H3/b18-11-,25-22?. The highest BCUT2D eigenvalue weighted by atomic mass is 35.5. The van der Waals surface area contributed by atoms with E-state index in [0.717, 1.165) is 11.8 Å². The van der Waals surface area contributed by atoms with Gasteiger partial charge in [-0.1, -0.05) is 35.5 Å². The Morgan fingerprint density at radius 3 is 2.56 bits per heavy atom. The second-order valence-electron chi connectivity index (χ2n) is 6.36. The van der Waals surface area contributed by atoms with Crippen LogP contribution in [0.4, 0.5) is 0 Å². The number of amides is 1. The largest absolute Gasteiger partial charge is 0.506 e. The Kier molecular flexibility index (Phi) is 7.61. The lowest BCUT2D eigenvalue weighted by molar-refractivity contribution is -0.138. The van der Waals surface area contributed by atoms with Crippen molar-refractivity contribution in [3.05, 3.63) is 74.9 Å². The number of esters is 1. The van der Waals surface area contributed by atoms with Gasteiger partial charge in [-0.25, -0.2) is 9.79 Å². The number of aliphatic hydroxyl groups is 1. The molecule has 166 valence electrons. The van der Waals surface area contributed by atoms with Gasteiger partial charge in [-0.3, -0.25) is 4.79 Å². The molecule has 2 aromatic rings. The van der Waals surface area contributed by atoms with Crippen LogP contribution in [0, 0.1) is 0 Å². The molecule has 1 heterocycles. The van der Waals surface area contributed by atoms with E-state index in [1.807, 2.05) is 0 Å². The number of aliphatic hydroxyl groups excluding tert-OH is 1. The zero-order chi connectivity index (χ0) is 23.3. The second-order valence-corrected chi connectivity index (χ2v) is 7.80. The first-order chi connectivity index (χ1) is 15.4. The van der Waals surface area contributed by atoms with Crippen LogP contribution in [-0.2, 0) is 9.53 Å². The zero-order valence-electron chi connectivity index (χ0n) is 17.5. The predicted molar refractivity (Wildman–Crippen MR) is 125 cm³/mol. The van der Waals surface area contributed by atoms with Crippen molar-refractivity contribution >= 4 is 46.4 Å². The van der Waals surface area contributed by atoms with E-state index in [4.69, 9.17) is 25.8 Å². The van der Waals surface area contributed by atoms with Crippen molar-refractivity contribution in [1.82, 2.24) is 0 Å². The molecule has 0 spiro atoms. The molecule has 0 atom stereocenters. The van der Waals surface area contributed by atoms with Crippen molar-refractivity contribution in [2.45, 2.75) is 6.92 Å². The number of aliphatic imine (C=N–C) groups is 1. The molecule has 0 unspecified atom stereocenters. The van der Waals surface area contributed by atoms with Gasteiger partial charge >= 0.3 is 5.97 Å². The molecular weight excluding hydrogens is 454 g/mol. The first kappa shape index (κ1) is 23.4. The average Bonchev–Trinajstić information content (AvgIpc) is 3.08. The number of thioether (sulfide) groups is 1. The summed E-state index contributed by atoms with van der Waals surface area (Å²) in [5, 5.41) is 11.0. The molecule has 0 saturated heterocycles. The van der Waals surface area contributed by atoms with E-state index < -0.39 is 11.9 Å². The molecule has 1 aliphatic rings. The van der Waals surface area contributed by atoms with E-state index in [-0.39, 0.29) is 33.6 Å². The van der Waals surface area contributed by atoms with Crippen molar-refractivity contribution in [3.8, 4) is 11.5 Å². The van der Waals surface area contributed by atoms with Crippen LogP contribution in [0.1, 0.15) is 22.8 Å². The quantitative estimate of drug-likeness (QED) is 0.586. The molecule has 2 aromatic carbocycles. The van der Waals surface area contributed by atoms with E-state index in [9.17, 15) is 14.7 Å². The number of hydrogen-bond donors (Lipinski definition) is 1. The van der Waals surface area contributed by atoms with E-state index in [1.54, 1.807) is 56.5 Å². The monoisotopic (exact) mass is 473 g/mol. The van der Waals surface area contributed by atoms with Crippen LogP contribution in [-0.4, -0.2) is 42.9 Å². The molecule has 0 bridgehead atoms. The Labute approximate surface area is 194 Å². The smallest absolute Gasteiger partial charge is 0.344 e. The van der Waals surface area contributed by atoms with Gasteiger partial charge in [0.05, 0.1) is 36.3 Å². The Morgan fingerprint density at radius 1 is 1.16 bits per heavy atom. The number of hydrogen-bond acceptors (Lipinski definition) is 7. The number of rotatable bonds is 6.